The molecule has 0 unspecified atom stereocenters. The van der Waals surface area contributed by atoms with E-state index in [-0.39, 0.29) is 17.9 Å². The van der Waals surface area contributed by atoms with Crippen LogP contribution >= 0.6 is 0 Å². The van der Waals surface area contributed by atoms with Gasteiger partial charge in [0.15, 0.2) is 0 Å². The lowest BCUT2D eigenvalue weighted by Gasteiger charge is -2.26. The Kier molecular flexibility index (Phi) is 6.24. The summed E-state index contributed by atoms with van der Waals surface area (Å²) < 4.78 is 5.75. The molecule has 2 N–H and O–H groups in total. The Morgan fingerprint density at radius 3 is 2.69 bits per heavy atom. The number of amides is 2. The number of nitrogens with one attached hydrogen (secondary N) is 1. The molecule has 1 aromatic rings. The number of hydrogen-bond acceptors (Lipinski definition) is 5. The molecule has 2 aliphatic rings. The molecular weight excluding hydrogens is 334 g/mol. The zero-order chi connectivity index (χ0) is 18.5. The molecule has 2 amide bonds. The molecule has 0 bridgehead atoms. The monoisotopic (exact) mass is 361 g/mol. The van der Waals surface area contributed by atoms with Gasteiger partial charge in [0.2, 0.25) is 5.91 Å². The van der Waals surface area contributed by atoms with Crippen LogP contribution in [0.5, 0.6) is 0 Å². The van der Waals surface area contributed by atoms with Crippen LogP contribution in [0, 0.1) is 0 Å². The highest BCUT2D eigenvalue weighted by Gasteiger charge is 2.38. The van der Waals surface area contributed by atoms with Crippen LogP contribution in [-0.4, -0.2) is 84.3 Å². The lowest BCUT2D eigenvalue weighted by molar-refractivity contribution is -0.128. The second-order valence-corrected chi connectivity index (χ2v) is 6.97. The molecule has 2 heterocycles. The van der Waals surface area contributed by atoms with Crippen LogP contribution in [0.3, 0.4) is 0 Å². The van der Waals surface area contributed by atoms with Gasteiger partial charge in [-0.2, -0.15) is 0 Å². The smallest absolute Gasteiger partial charge is 0.251 e. The molecule has 142 valence electrons. The Bertz CT molecular complexity index is 624. The van der Waals surface area contributed by atoms with E-state index in [1.165, 1.54) is 0 Å². The predicted octanol–water partition coefficient (Wildman–Crippen LogP) is 0.0989. The molecule has 7 nitrogen and oxygen atoms in total. The Labute approximate surface area is 153 Å². The van der Waals surface area contributed by atoms with Crippen LogP contribution in [0.1, 0.15) is 23.7 Å². The number of carbonyl (C=O) groups excluding carboxylic acids is 2. The molecule has 3 rings (SSSR count). The SMILES string of the molecule is CC(=O)N1CCCN(C[C@@H]2OC[C@H](NC(=O)c3ccccc3)[C@H]2O)CC1. The van der Waals surface area contributed by atoms with Crippen molar-refractivity contribution in [2.75, 3.05) is 39.3 Å². The van der Waals surface area contributed by atoms with Crippen LogP contribution in [-0.2, 0) is 9.53 Å². The fourth-order valence-electron chi connectivity index (χ4n) is 3.54. The lowest BCUT2D eigenvalue weighted by atomic mass is 10.1. The molecule has 2 aliphatic heterocycles. The van der Waals surface area contributed by atoms with E-state index in [1.54, 1.807) is 19.1 Å². The first-order chi connectivity index (χ1) is 12.5. The summed E-state index contributed by atoms with van der Waals surface area (Å²) in [6.07, 6.45) is -0.161. The Morgan fingerprint density at radius 1 is 1.19 bits per heavy atom. The maximum atomic E-state index is 12.3. The van der Waals surface area contributed by atoms with Crippen molar-refractivity contribution in [3.05, 3.63) is 35.9 Å². The first-order valence-electron chi connectivity index (χ1n) is 9.18. The summed E-state index contributed by atoms with van der Waals surface area (Å²) in [6, 6.07) is 8.55. The molecule has 26 heavy (non-hydrogen) atoms. The molecule has 1 aromatic carbocycles. The molecule has 2 saturated heterocycles. The van der Waals surface area contributed by atoms with Gasteiger partial charge in [0.25, 0.3) is 5.91 Å². The minimum Gasteiger partial charge on any atom is -0.388 e. The van der Waals surface area contributed by atoms with E-state index in [1.807, 2.05) is 23.1 Å². The molecule has 0 radical (unpaired) electrons. The van der Waals surface area contributed by atoms with E-state index < -0.39 is 12.1 Å². The fourth-order valence-corrected chi connectivity index (χ4v) is 3.54. The summed E-state index contributed by atoms with van der Waals surface area (Å²) in [6.45, 7) is 5.62. The normalized spacial score (nSPS) is 27.2. The quantitative estimate of drug-likeness (QED) is 0.795. The lowest BCUT2D eigenvalue weighted by Crippen LogP contribution is -2.47. The zero-order valence-corrected chi connectivity index (χ0v) is 15.1. The van der Waals surface area contributed by atoms with Gasteiger partial charge in [-0.3, -0.25) is 14.5 Å². The summed E-state index contributed by atoms with van der Waals surface area (Å²) in [7, 11) is 0. The Balaban J connectivity index is 1.50. The number of benzene rings is 1. The molecule has 0 aromatic heterocycles. The van der Waals surface area contributed by atoms with E-state index in [9.17, 15) is 14.7 Å². The third-order valence-corrected chi connectivity index (χ3v) is 5.11. The van der Waals surface area contributed by atoms with Crippen LogP contribution < -0.4 is 5.32 Å². The molecule has 0 saturated carbocycles. The van der Waals surface area contributed by atoms with Gasteiger partial charge in [0, 0.05) is 38.7 Å². The van der Waals surface area contributed by atoms with Gasteiger partial charge >= 0.3 is 0 Å². The maximum absolute atomic E-state index is 12.3. The number of rotatable bonds is 4. The standard InChI is InChI=1S/C19H27N3O4/c1-14(23)22-9-5-8-21(10-11-22)12-17-18(24)16(13-26-17)20-19(25)15-6-3-2-4-7-15/h2-4,6-7,16-18,24H,5,8-13H2,1H3,(H,20,25)/t16-,17-,18+/m0/s1. The van der Waals surface area contributed by atoms with E-state index in [0.29, 0.717) is 25.3 Å². The molecule has 3 atom stereocenters. The number of aliphatic hydroxyl groups is 1. The highest BCUT2D eigenvalue weighted by atomic mass is 16.5. The summed E-state index contributed by atoms with van der Waals surface area (Å²) in [5.74, 6) is -0.0986. The molecule has 0 spiro atoms. The minimum atomic E-state index is -0.741. The van der Waals surface area contributed by atoms with Crippen LogP contribution in [0.15, 0.2) is 30.3 Å². The highest BCUT2D eigenvalue weighted by molar-refractivity contribution is 5.94. The van der Waals surface area contributed by atoms with Crippen molar-refractivity contribution in [3.8, 4) is 0 Å². The summed E-state index contributed by atoms with van der Waals surface area (Å²) in [5, 5.41) is 13.4. The van der Waals surface area contributed by atoms with Crippen LogP contribution in [0.2, 0.25) is 0 Å². The van der Waals surface area contributed by atoms with Crippen molar-refractivity contribution in [2.24, 2.45) is 0 Å². The van der Waals surface area contributed by atoms with Crippen molar-refractivity contribution in [1.82, 2.24) is 15.1 Å². The van der Waals surface area contributed by atoms with Gasteiger partial charge in [-0.25, -0.2) is 0 Å². The first-order valence-corrected chi connectivity index (χ1v) is 9.18. The van der Waals surface area contributed by atoms with Gasteiger partial charge in [0.1, 0.15) is 6.10 Å². The molecule has 7 heteroatoms. The number of carbonyl (C=O) groups is 2. The van der Waals surface area contributed by atoms with Gasteiger partial charge < -0.3 is 20.1 Å². The van der Waals surface area contributed by atoms with E-state index in [4.69, 9.17) is 4.74 Å². The van der Waals surface area contributed by atoms with Crippen LogP contribution in [0.25, 0.3) is 0 Å². The minimum absolute atomic E-state index is 0.104. The van der Waals surface area contributed by atoms with Crippen molar-refractivity contribution in [2.45, 2.75) is 31.6 Å². The summed E-state index contributed by atoms with van der Waals surface area (Å²) in [4.78, 5) is 27.9. The van der Waals surface area contributed by atoms with Crippen molar-refractivity contribution < 1.29 is 19.4 Å². The van der Waals surface area contributed by atoms with E-state index >= 15 is 0 Å². The second-order valence-electron chi connectivity index (χ2n) is 6.97. The number of nitrogens with zero attached hydrogens (tertiary/aromatic N) is 2. The maximum Gasteiger partial charge on any atom is 0.251 e. The molecule has 2 fully saturated rings. The molecule has 0 aliphatic carbocycles. The second kappa shape index (κ2) is 8.62. The average molecular weight is 361 g/mol. The van der Waals surface area contributed by atoms with E-state index in [0.717, 1.165) is 26.1 Å². The fraction of sp³-hybridized carbons (Fsp3) is 0.579. The topological polar surface area (TPSA) is 82.1 Å². The Hall–Kier alpha value is -1.96. The average Bonchev–Trinajstić information content (AvgIpc) is 2.85. The number of ether oxygens (including phenoxy) is 1. The third-order valence-electron chi connectivity index (χ3n) is 5.11. The van der Waals surface area contributed by atoms with Crippen molar-refractivity contribution >= 4 is 11.8 Å². The van der Waals surface area contributed by atoms with E-state index in [2.05, 4.69) is 10.2 Å². The molecular formula is C19H27N3O4. The zero-order valence-electron chi connectivity index (χ0n) is 15.1. The van der Waals surface area contributed by atoms with Gasteiger partial charge in [-0.1, -0.05) is 18.2 Å². The number of aliphatic hydroxyl groups excluding tert-OH is 1. The van der Waals surface area contributed by atoms with Gasteiger partial charge in [0.05, 0.1) is 18.8 Å². The van der Waals surface area contributed by atoms with Crippen molar-refractivity contribution in [3.63, 3.8) is 0 Å². The first kappa shape index (κ1) is 18.8. The number of hydrogen-bond donors (Lipinski definition) is 2. The van der Waals surface area contributed by atoms with Crippen molar-refractivity contribution in [1.29, 1.82) is 0 Å². The Morgan fingerprint density at radius 2 is 1.96 bits per heavy atom. The summed E-state index contributed by atoms with van der Waals surface area (Å²) >= 11 is 0. The van der Waals surface area contributed by atoms with Crippen LogP contribution in [0.4, 0.5) is 0 Å². The van der Waals surface area contributed by atoms with Gasteiger partial charge in [-0.05, 0) is 25.1 Å². The largest absolute Gasteiger partial charge is 0.388 e. The predicted molar refractivity (Wildman–Crippen MR) is 96.8 cm³/mol. The third kappa shape index (κ3) is 4.60. The van der Waals surface area contributed by atoms with Gasteiger partial charge in [-0.15, -0.1) is 0 Å². The highest BCUT2D eigenvalue weighted by Crippen LogP contribution is 2.17. The summed E-state index contributed by atoms with van der Waals surface area (Å²) in [5.41, 5.74) is 0.569.